The molecular formula is C19H15FN5. The number of rotatable bonds is 2. The summed E-state index contributed by atoms with van der Waals surface area (Å²) in [6.45, 7) is 1.91. The number of nitrogens with zero attached hydrogens (tertiary/aromatic N) is 4. The summed E-state index contributed by atoms with van der Waals surface area (Å²) in [5.74, 6) is -0.305. The van der Waals surface area contributed by atoms with Crippen LogP contribution in [0, 0.1) is 18.8 Å². The molecule has 1 aromatic carbocycles. The first kappa shape index (κ1) is 15.3. The third-order valence-electron chi connectivity index (χ3n) is 4.04. The van der Waals surface area contributed by atoms with E-state index in [0.29, 0.717) is 33.8 Å². The molecule has 0 aliphatic heterocycles. The first-order chi connectivity index (χ1) is 12.0. The van der Waals surface area contributed by atoms with Crippen molar-refractivity contribution in [2.24, 2.45) is 7.05 Å². The highest BCUT2D eigenvalue weighted by Crippen LogP contribution is 2.29. The fourth-order valence-corrected chi connectivity index (χ4v) is 2.77. The van der Waals surface area contributed by atoms with Crippen LogP contribution >= 0.6 is 0 Å². The van der Waals surface area contributed by atoms with Crippen molar-refractivity contribution < 1.29 is 4.39 Å². The molecule has 123 valence electrons. The number of pyridine rings is 2. The predicted molar refractivity (Wildman–Crippen MR) is 95.1 cm³/mol. The predicted octanol–water partition coefficient (Wildman–Crippen LogP) is 3.53. The molecule has 3 heterocycles. The maximum atomic E-state index is 13.6. The second-order valence-electron chi connectivity index (χ2n) is 5.92. The van der Waals surface area contributed by atoms with Gasteiger partial charge in [-0.05, 0) is 42.8 Å². The van der Waals surface area contributed by atoms with Crippen LogP contribution in [0.15, 0.2) is 42.6 Å². The molecule has 0 amide bonds. The summed E-state index contributed by atoms with van der Waals surface area (Å²) in [6, 6.07) is 13.1. The van der Waals surface area contributed by atoms with Gasteiger partial charge in [-0.2, -0.15) is 5.10 Å². The Morgan fingerprint density at radius 1 is 1.08 bits per heavy atom. The molecule has 0 aliphatic carbocycles. The largest absolute Gasteiger partial charge is 0.397 e. The second-order valence-corrected chi connectivity index (χ2v) is 5.92. The number of benzene rings is 1. The van der Waals surface area contributed by atoms with Crippen molar-refractivity contribution in [3.05, 3.63) is 60.0 Å². The van der Waals surface area contributed by atoms with E-state index in [2.05, 4.69) is 21.1 Å². The van der Waals surface area contributed by atoms with Gasteiger partial charge in [0.2, 0.25) is 0 Å². The number of halogens is 1. The lowest BCUT2D eigenvalue weighted by molar-refractivity contribution is 0.628. The minimum atomic E-state index is -0.305. The van der Waals surface area contributed by atoms with E-state index >= 15 is 0 Å². The van der Waals surface area contributed by atoms with Gasteiger partial charge < -0.3 is 5.73 Å². The van der Waals surface area contributed by atoms with Gasteiger partial charge in [-0.15, -0.1) is 0 Å². The van der Waals surface area contributed by atoms with Crippen molar-refractivity contribution in [2.45, 2.75) is 6.92 Å². The molecule has 0 atom stereocenters. The summed E-state index contributed by atoms with van der Waals surface area (Å²) < 4.78 is 15.3. The van der Waals surface area contributed by atoms with Gasteiger partial charge in [0, 0.05) is 24.9 Å². The molecule has 4 rings (SSSR count). The fourth-order valence-electron chi connectivity index (χ4n) is 2.77. The first-order valence-corrected chi connectivity index (χ1v) is 7.77. The lowest BCUT2D eigenvalue weighted by atomic mass is 10.0. The van der Waals surface area contributed by atoms with E-state index in [4.69, 9.17) is 5.73 Å². The number of hydrogen-bond donors (Lipinski definition) is 1. The number of aromatic nitrogens is 4. The molecule has 0 fully saturated rings. The van der Waals surface area contributed by atoms with Crippen LogP contribution in [-0.2, 0) is 7.05 Å². The van der Waals surface area contributed by atoms with Gasteiger partial charge >= 0.3 is 0 Å². The van der Waals surface area contributed by atoms with Gasteiger partial charge in [0.25, 0.3) is 0 Å². The molecule has 0 saturated heterocycles. The molecule has 3 aromatic heterocycles. The molecule has 0 unspecified atom stereocenters. The Morgan fingerprint density at radius 2 is 1.92 bits per heavy atom. The van der Waals surface area contributed by atoms with Crippen LogP contribution in [0.25, 0.3) is 33.7 Å². The molecule has 1 radical (unpaired) electrons. The van der Waals surface area contributed by atoms with Crippen molar-refractivity contribution in [3.8, 4) is 22.6 Å². The average molecular weight is 332 g/mol. The van der Waals surface area contributed by atoms with E-state index in [1.807, 2.05) is 26.1 Å². The molecule has 0 spiro atoms. The van der Waals surface area contributed by atoms with Gasteiger partial charge in [0.1, 0.15) is 17.0 Å². The standard InChI is InChI=1S/C19H15FN5/c1-11-3-4-12(20)9-13(11)18-10-14(21)19-17(22-18)6-5-15(23-19)16-7-8-25(2)24-16/h3-6,8-10H,1-2H3,(H2,21,22). The first-order valence-electron chi connectivity index (χ1n) is 7.77. The lowest BCUT2D eigenvalue weighted by Gasteiger charge is -2.09. The third kappa shape index (κ3) is 2.71. The number of fused-ring (bicyclic) bond motifs is 1. The zero-order valence-corrected chi connectivity index (χ0v) is 13.8. The summed E-state index contributed by atoms with van der Waals surface area (Å²) in [4.78, 5) is 9.17. The Hall–Kier alpha value is -3.28. The van der Waals surface area contributed by atoms with Gasteiger partial charge in [-0.1, -0.05) is 6.07 Å². The molecular weight excluding hydrogens is 317 g/mol. The number of hydrogen-bond acceptors (Lipinski definition) is 4. The maximum Gasteiger partial charge on any atom is 0.123 e. The minimum Gasteiger partial charge on any atom is -0.397 e. The Labute approximate surface area is 144 Å². The molecule has 5 nitrogen and oxygen atoms in total. The fraction of sp³-hybridized carbons (Fsp3) is 0.105. The monoisotopic (exact) mass is 332 g/mol. The second kappa shape index (κ2) is 5.66. The van der Waals surface area contributed by atoms with Gasteiger partial charge in [-0.25, -0.2) is 14.4 Å². The van der Waals surface area contributed by atoms with Crippen LogP contribution in [0.1, 0.15) is 5.56 Å². The third-order valence-corrected chi connectivity index (χ3v) is 4.04. The van der Waals surface area contributed by atoms with E-state index in [1.165, 1.54) is 12.1 Å². The van der Waals surface area contributed by atoms with E-state index in [1.54, 1.807) is 23.0 Å². The summed E-state index contributed by atoms with van der Waals surface area (Å²) >= 11 is 0. The van der Waals surface area contributed by atoms with E-state index < -0.39 is 0 Å². The normalized spacial score (nSPS) is 11.2. The summed E-state index contributed by atoms with van der Waals surface area (Å²) in [5.41, 5.74) is 11.5. The van der Waals surface area contributed by atoms with Crippen molar-refractivity contribution in [1.82, 2.24) is 19.7 Å². The Balaban J connectivity index is 1.87. The van der Waals surface area contributed by atoms with Crippen molar-refractivity contribution in [3.63, 3.8) is 0 Å². The van der Waals surface area contributed by atoms with Gasteiger partial charge in [0.15, 0.2) is 0 Å². The van der Waals surface area contributed by atoms with Crippen molar-refractivity contribution in [1.29, 1.82) is 0 Å². The Bertz CT molecular complexity index is 1100. The van der Waals surface area contributed by atoms with E-state index in [0.717, 1.165) is 11.1 Å². The van der Waals surface area contributed by atoms with Crippen LogP contribution in [0.3, 0.4) is 0 Å². The highest BCUT2D eigenvalue weighted by molar-refractivity contribution is 5.91. The van der Waals surface area contributed by atoms with Gasteiger partial charge in [-0.3, -0.25) is 4.68 Å². The number of aryl methyl sites for hydroxylation is 2. The molecule has 25 heavy (non-hydrogen) atoms. The number of nitrogen functional groups attached to an aromatic ring is 1. The van der Waals surface area contributed by atoms with Crippen LogP contribution in [0.4, 0.5) is 10.1 Å². The van der Waals surface area contributed by atoms with Crippen LogP contribution in [0.2, 0.25) is 0 Å². The molecule has 2 N–H and O–H groups in total. The van der Waals surface area contributed by atoms with Crippen LogP contribution in [-0.4, -0.2) is 19.7 Å². The molecule has 0 aliphatic rings. The zero-order valence-electron chi connectivity index (χ0n) is 13.8. The molecule has 0 bridgehead atoms. The molecule has 6 heteroatoms. The topological polar surface area (TPSA) is 69.6 Å². The van der Waals surface area contributed by atoms with Crippen molar-refractivity contribution >= 4 is 16.7 Å². The van der Waals surface area contributed by atoms with Crippen LogP contribution in [0.5, 0.6) is 0 Å². The highest BCUT2D eigenvalue weighted by Gasteiger charge is 2.12. The smallest absolute Gasteiger partial charge is 0.123 e. The molecule has 4 aromatic rings. The average Bonchev–Trinajstić information content (AvgIpc) is 3.03. The number of nitrogens with two attached hydrogens (primary N) is 1. The minimum absolute atomic E-state index is 0.305. The summed E-state index contributed by atoms with van der Waals surface area (Å²) in [6.07, 6.45) is 1.73. The lowest BCUT2D eigenvalue weighted by Crippen LogP contribution is -1.97. The highest BCUT2D eigenvalue weighted by atomic mass is 19.1. The summed E-state index contributed by atoms with van der Waals surface area (Å²) in [7, 11) is 1.82. The molecule has 0 saturated carbocycles. The summed E-state index contributed by atoms with van der Waals surface area (Å²) in [5, 5.41) is 4.30. The number of anilines is 1. The SMILES string of the molecule is Cc1ccc(F)cc1-c1cc(N)c2nc(-c3[c]cn(C)n3)ccc2n1. The quantitative estimate of drug-likeness (QED) is 0.610. The van der Waals surface area contributed by atoms with Crippen LogP contribution < -0.4 is 5.73 Å². The Morgan fingerprint density at radius 3 is 2.68 bits per heavy atom. The van der Waals surface area contributed by atoms with Crippen molar-refractivity contribution in [2.75, 3.05) is 5.73 Å². The van der Waals surface area contributed by atoms with E-state index in [-0.39, 0.29) is 5.82 Å². The van der Waals surface area contributed by atoms with Gasteiger partial charge in [0.05, 0.1) is 22.6 Å². The maximum absolute atomic E-state index is 13.6. The Kier molecular flexibility index (Phi) is 3.46. The zero-order chi connectivity index (χ0) is 17.6. The van der Waals surface area contributed by atoms with E-state index in [9.17, 15) is 4.39 Å².